The van der Waals surface area contributed by atoms with Gasteiger partial charge >= 0.3 is 0 Å². The molecule has 2 aliphatic rings. The van der Waals surface area contributed by atoms with E-state index in [4.69, 9.17) is 0 Å². The van der Waals surface area contributed by atoms with E-state index < -0.39 is 38.0 Å². The lowest BCUT2D eigenvalue weighted by molar-refractivity contribution is -0.156. The number of halogens is 2. The van der Waals surface area contributed by atoms with Crippen molar-refractivity contribution < 1.29 is 26.8 Å². The summed E-state index contributed by atoms with van der Waals surface area (Å²) in [6.45, 7) is 1.87. The first-order valence-electron chi connectivity index (χ1n) is 9.46. The van der Waals surface area contributed by atoms with Crippen molar-refractivity contribution in [1.29, 1.82) is 0 Å². The van der Waals surface area contributed by atoms with E-state index in [0.29, 0.717) is 31.4 Å². The van der Waals surface area contributed by atoms with Crippen LogP contribution in [0.4, 0.5) is 8.78 Å². The summed E-state index contributed by atoms with van der Waals surface area (Å²) in [5, 5.41) is 0. The summed E-state index contributed by atoms with van der Waals surface area (Å²) in [6.07, 6.45) is 6.01. The molecule has 2 fully saturated rings. The molecule has 28 heavy (non-hydrogen) atoms. The van der Waals surface area contributed by atoms with Gasteiger partial charge < -0.3 is 4.90 Å². The van der Waals surface area contributed by atoms with Crippen molar-refractivity contribution in [2.75, 3.05) is 6.54 Å². The third kappa shape index (κ3) is 4.04. The Morgan fingerprint density at radius 2 is 1.93 bits per heavy atom. The summed E-state index contributed by atoms with van der Waals surface area (Å²) in [5.41, 5.74) is -1.30. The molecule has 1 unspecified atom stereocenters. The maximum atomic E-state index is 13.8. The molecule has 1 aromatic carbocycles. The van der Waals surface area contributed by atoms with E-state index in [1.807, 2.05) is 4.72 Å². The second kappa shape index (κ2) is 7.77. The van der Waals surface area contributed by atoms with Crippen molar-refractivity contribution >= 4 is 21.8 Å². The van der Waals surface area contributed by atoms with Gasteiger partial charge in [0, 0.05) is 19.0 Å². The molecule has 1 atom stereocenters. The Balaban J connectivity index is 1.66. The normalized spacial score (nSPS) is 22.8. The molecule has 1 saturated heterocycles. The van der Waals surface area contributed by atoms with Crippen molar-refractivity contribution in [3.63, 3.8) is 0 Å². The fourth-order valence-corrected chi connectivity index (χ4v) is 5.07. The number of benzene rings is 1. The quantitative estimate of drug-likeness (QED) is 0.776. The van der Waals surface area contributed by atoms with E-state index in [9.17, 15) is 26.8 Å². The predicted octanol–water partition coefficient (Wildman–Crippen LogP) is 2.73. The highest BCUT2D eigenvalue weighted by Crippen LogP contribution is 2.34. The largest absolute Gasteiger partial charge is 0.328 e. The highest BCUT2D eigenvalue weighted by Gasteiger charge is 2.50. The number of carbonyl (C=O) groups excluding carboxylic acids is 2. The summed E-state index contributed by atoms with van der Waals surface area (Å²) in [7, 11) is -4.52. The molecule has 6 nitrogen and oxygen atoms in total. The topological polar surface area (TPSA) is 83.6 Å². The van der Waals surface area contributed by atoms with Gasteiger partial charge in [0.1, 0.15) is 22.1 Å². The van der Waals surface area contributed by atoms with E-state index in [-0.39, 0.29) is 5.91 Å². The second-order valence-corrected chi connectivity index (χ2v) is 9.42. The van der Waals surface area contributed by atoms with E-state index in [0.717, 1.165) is 31.4 Å². The van der Waals surface area contributed by atoms with E-state index in [2.05, 4.69) is 0 Å². The van der Waals surface area contributed by atoms with Gasteiger partial charge in [0.05, 0.1) is 0 Å². The minimum absolute atomic E-state index is 0.179. The van der Waals surface area contributed by atoms with E-state index in [1.165, 1.54) is 24.7 Å². The Kier molecular flexibility index (Phi) is 5.74. The molecular weight excluding hydrogens is 390 g/mol. The van der Waals surface area contributed by atoms with Crippen LogP contribution in [-0.4, -0.2) is 37.2 Å². The van der Waals surface area contributed by atoms with Gasteiger partial charge in [0.2, 0.25) is 5.91 Å². The molecule has 0 radical (unpaired) electrons. The van der Waals surface area contributed by atoms with Crippen LogP contribution in [-0.2, 0) is 19.6 Å². The second-order valence-electron chi connectivity index (χ2n) is 7.77. The highest BCUT2D eigenvalue weighted by atomic mass is 32.2. The van der Waals surface area contributed by atoms with Gasteiger partial charge in [0.15, 0.2) is 0 Å². The van der Waals surface area contributed by atoms with Crippen LogP contribution in [0.3, 0.4) is 0 Å². The Morgan fingerprint density at radius 1 is 1.25 bits per heavy atom. The first-order valence-corrected chi connectivity index (χ1v) is 10.9. The van der Waals surface area contributed by atoms with Crippen LogP contribution in [0, 0.1) is 17.6 Å². The van der Waals surface area contributed by atoms with Gasteiger partial charge in [-0.05, 0) is 37.8 Å². The summed E-state index contributed by atoms with van der Waals surface area (Å²) in [6, 6.07) is 1.99. The fraction of sp³-hybridized carbons (Fsp3) is 0.579. The lowest BCUT2D eigenvalue weighted by atomic mass is 9.85. The minimum atomic E-state index is -4.52. The van der Waals surface area contributed by atoms with Crippen molar-refractivity contribution in [1.82, 2.24) is 9.62 Å². The van der Waals surface area contributed by atoms with Crippen LogP contribution < -0.4 is 4.72 Å². The van der Waals surface area contributed by atoms with Crippen LogP contribution in [0.1, 0.15) is 51.9 Å². The number of carbonyl (C=O) groups is 2. The third-order valence-electron chi connectivity index (χ3n) is 5.86. The molecule has 1 heterocycles. The fourth-order valence-electron chi connectivity index (χ4n) is 3.94. The van der Waals surface area contributed by atoms with Crippen LogP contribution in [0.5, 0.6) is 0 Å². The molecule has 0 bridgehead atoms. The van der Waals surface area contributed by atoms with Crippen molar-refractivity contribution in [2.24, 2.45) is 5.92 Å². The van der Waals surface area contributed by atoms with E-state index >= 15 is 0 Å². The first kappa shape index (κ1) is 20.7. The Hall–Kier alpha value is -2.03. The molecular formula is C19H24F2N2O4S. The zero-order valence-electron chi connectivity index (χ0n) is 15.7. The lowest BCUT2D eigenvalue weighted by Gasteiger charge is -2.49. The SMILES string of the molecule is CC1(C(=O)NS(=O)(=O)c2ccc(F)cc2F)CCN1C(=O)CCC1CCCC1. The van der Waals surface area contributed by atoms with Crippen molar-refractivity contribution in [3.8, 4) is 0 Å². The van der Waals surface area contributed by atoms with Gasteiger partial charge in [-0.1, -0.05) is 25.7 Å². The number of hydrogen-bond donors (Lipinski definition) is 1. The first-order chi connectivity index (χ1) is 13.1. The summed E-state index contributed by atoms with van der Waals surface area (Å²) >= 11 is 0. The summed E-state index contributed by atoms with van der Waals surface area (Å²) < 4.78 is 53.3. The molecule has 154 valence electrons. The van der Waals surface area contributed by atoms with E-state index in [1.54, 1.807) is 0 Å². The lowest BCUT2D eigenvalue weighted by Crippen LogP contribution is -2.67. The third-order valence-corrected chi connectivity index (χ3v) is 7.22. The number of likely N-dealkylation sites (tertiary alicyclic amines) is 1. The van der Waals surface area contributed by atoms with Crippen LogP contribution in [0.2, 0.25) is 0 Å². The monoisotopic (exact) mass is 414 g/mol. The Morgan fingerprint density at radius 3 is 2.50 bits per heavy atom. The molecule has 9 heteroatoms. The molecule has 1 N–H and O–H groups in total. The highest BCUT2D eigenvalue weighted by molar-refractivity contribution is 7.90. The van der Waals surface area contributed by atoms with Crippen LogP contribution in [0.15, 0.2) is 23.1 Å². The number of nitrogens with one attached hydrogen (secondary N) is 1. The molecule has 1 saturated carbocycles. The summed E-state index contributed by atoms with van der Waals surface area (Å²) in [5.74, 6) is -2.75. The standard InChI is InChI=1S/C19H24F2N2O4S/c1-19(10-11-23(19)17(24)9-6-13-4-2-3-5-13)18(25)22-28(26,27)16-8-7-14(20)12-15(16)21/h7-8,12-13H,2-6,9-11H2,1H3,(H,22,25). The Labute approximate surface area is 163 Å². The molecule has 0 spiro atoms. The number of sulfonamides is 1. The zero-order chi connectivity index (χ0) is 20.5. The summed E-state index contributed by atoms with van der Waals surface area (Å²) in [4.78, 5) is 25.7. The van der Waals surface area contributed by atoms with Gasteiger partial charge in [-0.15, -0.1) is 0 Å². The Bertz CT molecular complexity index is 884. The molecule has 0 aromatic heterocycles. The average Bonchev–Trinajstić information content (AvgIpc) is 3.11. The molecule has 1 aromatic rings. The average molecular weight is 414 g/mol. The van der Waals surface area contributed by atoms with Crippen LogP contribution in [0.25, 0.3) is 0 Å². The van der Waals surface area contributed by atoms with Crippen molar-refractivity contribution in [3.05, 3.63) is 29.8 Å². The van der Waals surface area contributed by atoms with Gasteiger partial charge in [-0.3, -0.25) is 9.59 Å². The zero-order valence-corrected chi connectivity index (χ0v) is 16.5. The maximum Gasteiger partial charge on any atom is 0.267 e. The van der Waals surface area contributed by atoms with Crippen molar-refractivity contribution in [2.45, 2.75) is 62.3 Å². The van der Waals surface area contributed by atoms with Gasteiger partial charge in [-0.2, -0.15) is 0 Å². The molecule has 1 aliphatic heterocycles. The van der Waals surface area contributed by atoms with Gasteiger partial charge in [-0.25, -0.2) is 21.9 Å². The number of rotatable bonds is 6. The van der Waals surface area contributed by atoms with Crippen LogP contribution >= 0.6 is 0 Å². The maximum absolute atomic E-state index is 13.8. The van der Waals surface area contributed by atoms with Gasteiger partial charge in [0.25, 0.3) is 15.9 Å². The predicted molar refractivity (Wildman–Crippen MR) is 97.6 cm³/mol. The smallest absolute Gasteiger partial charge is 0.267 e. The number of nitrogens with zero attached hydrogens (tertiary/aromatic N) is 1. The number of amides is 2. The minimum Gasteiger partial charge on any atom is -0.328 e. The number of hydrogen-bond acceptors (Lipinski definition) is 4. The molecule has 1 aliphatic carbocycles. The molecule has 2 amide bonds. The molecule has 3 rings (SSSR count).